The molecule has 0 fully saturated rings. The summed E-state index contributed by atoms with van der Waals surface area (Å²) in [4.78, 5) is 14.4. The first-order chi connectivity index (χ1) is 11.5. The maximum absolute atomic E-state index is 12.8. The largest absolute Gasteiger partial charge is 0.326 e. The van der Waals surface area contributed by atoms with E-state index >= 15 is 0 Å². The number of nitrogens with zero attached hydrogens (tertiary/aromatic N) is 1. The highest BCUT2D eigenvalue weighted by molar-refractivity contribution is 7.94. The van der Waals surface area contributed by atoms with Crippen LogP contribution in [-0.2, 0) is 9.84 Å². The molecule has 2 amide bonds. The fourth-order valence-corrected chi connectivity index (χ4v) is 3.97. The van der Waals surface area contributed by atoms with E-state index < -0.39 is 15.9 Å². The molecule has 0 radical (unpaired) electrons. The summed E-state index contributed by atoms with van der Waals surface area (Å²) in [6, 6.07) is 15.6. The molecule has 3 rings (SSSR count). The third-order valence-electron chi connectivity index (χ3n) is 3.86. The second-order valence-electron chi connectivity index (χ2n) is 5.68. The van der Waals surface area contributed by atoms with Crippen molar-refractivity contribution in [1.29, 1.82) is 0 Å². The van der Waals surface area contributed by atoms with Crippen LogP contribution in [0.2, 0.25) is 0 Å². The molecule has 0 saturated heterocycles. The number of amides is 2. The van der Waals surface area contributed by atoms with Crippen LogP contribution in [0.3, 0.4) is 0 Å². The van der Waals surface area contributed by atoms with Crippen LogP contribution in [0, 0.1) is 6.92 Å². The van der Waals surface area contributed by atoms with Crippen molar-refractivity contribution >= 4 is 27.2 Å². The van der Waals surface area contributed by atoms with Gasteiger partial charge in [-0.15, -0.1) is 0 Å². The summed E-state index contributed by atoms with van der Waals surface area (Å²) in [6.07, 6.45) is 1.56. The lowest BCUT2D eigenvalue weighted by Crippen LogP contribution is -2.44. The monoisotopic (exact) mass is 342 g/mol. The van der Waals surface area contributed by atoms with E-state index in [9.17, 15) is 13.2 Å². The Morgan fingerprint density at radius 1 is 1.08 bits per heavy atom. The minimum atomic E-state index is -3.27. The lowest BCUT2D eigenvalue weighted by Gasteiger charge is -2.29. The van der Waals surface area contributed by atoms with Gasteiger partial charge in [0.15, 0.2) is 9.84 Å². The number of benzene rings is 2. The SMILES string of the molecule is Cc1ccccc1N(C(=O)Nc1ccccc1)C1C=CS(=O)(=O)C1. The molecule has 2 aromatic carbocycles. The normalized spacial score (nSPS) is 18.3. The summed E-state index contributed by atoms with van der Waals surface area (Å²) in [5, 5.41) is 4.01. The second-order valence-corrected chi connectivity index (χ2v) is 7.61. The van der Waals surface area contributed by atoms with Gasteiger partial charge in [0.2, 0.25) is 0 Å². The topological polar surface area (TPSA) is 66.5 Å². The van der Waals surface area contributed by atoms with Gasteiger partial charge in [-0.05, 0) is 36.8 Å². The number of carbonyl (C=O) groups excluding carboxylic acids is 1. The number of nitrogens with one attached hydrogen (secondary N) is 1. The number of carbonyl (C=O) groups is 1. The lowest BCUT2D eigenvalue weighted by atomic mass is 10.1. The number of hydrogen-bond acceptors (Lipinski definition) is 3. The van der Waals surface area contributed by atoms with Gasteiger partial charge in [-0.25, -0.2) is 13.2 Å². The molecular formula is C18H18N2O3S. The van der Waals surface area contributed by atoms with Crippen molar-refractivity contribution in [3.63, 3.8) is 0 Å². The Morgan fingerprint density at radius 3 is 2.38 bits per heavy atom. The van der Waals surface area contributed by atoms with E-state index in [1.54, 1.807) is 18.2 Å². The van der Waals surface area contributed by atoms with E-state index in [0.717, 1.165) is 5.56 Å². The van der Waals surface area contributed by atoms with Gasteiger partial charge in [-0.3, -0.25) is 4.90 Å². The molecule has 1 atom stereocenters. The maximum atomic E-state index is 12.8. The third kappa shape index (κ3) is 3.49. The minimum absolute atomic E-state index is 0.108. The number of para-hydroxylation sites is 2. The highest BCUT2D eigenvalue weighted by atomic mass is 32.2. The highest BCUT2D eigenvalue weighted by Crippen LogP contribution is 2.26. The summed E-state index contributed by atoms with van der Waals surface area (Å²) < 4.78 is 23.6. The van der Waals surface area contributed by atoms with Crippen molar-refractivity contribution in [2.24, 2.45) is 0 Å². The van der Waals surface area contributed by atoms with Crippen LogP contribution in [0.25, 0.3) is 0 Å². The molecule has 0 bridgehead atoms. The van der Waals surface area contributed by atoms with Crippen molar-refractivity contribution in [2.75, 3.05) is 16.0 Å². The van der Waals surface area contributed by atoms with Gasteiger partial charge in [0, 0.05) is 16.8 Å². The van der Waals surface area contributed by atoms with Gasteiger partial charge >= 0.3 is 6.03 Å². The highest BCUT2D eigenvalue weighted by Gasteiger charge is 2.32. The van der Waals surface area contributed by atoms with Crippen LogP contribution in [0.4, 0.5) is 16.2 Å². The van der Waals surface area contributed by atoms with Crippen molar-refractivity contribution < 1.29 is 13.2 Å². The second kappa shape index (κ2) is 6.49. The van der Waals surface area contributed by atoms with Gasteiger partial charge in [0.25, 0.3) is 0 Å². The molecule has 24 heavy (non-hydrogen) atoms. The molecule has 2 aromatic rings. The summed E-state index contributed by atoms with van der Waals surface area (Å²) in [5.41, 5.74) is 2.25. The summed E-state index contributed by atoms with van der Waals surface area (Å²) in [7, 11) is -3.27. The summed E-state index contributed by atoms with van der Waals surface area (Å²) >= 11 is 0. The van der Waals surface area contributed by atoms with E-state index in [4.69, 9.17) is 0 Å². The molecule has 124 valence electrons. The predicted octanol–water partition coefficient (Wildman–Crippen LogP) is 3.34. The Morgan fingerprint density at radius 2 is 1.75 bits per heavy atom. The molecule has 1 unspecified atom stereocenters. The minimum Gasteiger partial charge on any atom is -0.308 e. The molecule has 0 saturated carbocycles. The predicted molar refractivity (Wildman–Crippen MR) is 95.8 cm³/mol. The molecule has 0 spiro atoms. The van der Waals surface area contributed by atoms with E-state index in [-0.39, 0.29) is 11.8 Å². The summed E-state index contributed by atoms with van der Waals surface area (Å²) in [5.74, 6) is -0.108. The zero-order chi connectivity index (χ0) is 17.2. The van der Waals surface area contributed by atoms with E-state index in [1.807, 2.05) is 49.4 Å². The number of rotatable bonds is 3. The summed E-state index contributed by atoms with van der Waals surface area (Å²) in [6.45, 7) is 1.89. The Kier molecular flexibility index (Phi) is 4.40. The Labute approximate surface area is 141 Å². The first-order valence-electron chi connectivity index (χ1n) is 7.58. The molecule has 6 heteroatoms. The van der Waals surface area contributed by atoms with Crippen LogP contribution < -0.4 is 10.2 Å². The zero-order valence-corrected chi connectivity index (χ0v) is 14.0. The van der Waals surface area contributed by atoms with Crippen molar-refractivity contribution in [3.8, 4) is 0 Å². The molecule has 1 heterocycles. The third-order valence-corrected chi connectivity index (χ3v) is 5.24. The first kappa shape index (κ1) is 16.3. The zero-order valence-electron chi connectivity index (χ0n) is 13.2. The average Bonchev–Trinajstić information content (AvgIpc) is 2.90. The number of urea groups is 1. The molecule has 0 aliphatic carbocycles. The fourth-order valence-electron chi connectivity index (χ4n) is 2.70. The van der Waals surface area contributed by atoms with Crippen molar-refractivity contribution in [2.45, 2.75) is 13.0 Å². The Hall–Kier alpha value is -2.60. The number of sulfone groups is 1. The molecule has 1 aliphatic heterocycles. The van der Waals surface area contributed by atoms with Gasteiger partial charge in [0.1, 0.15) is 0 Å². The van der Waals surface area contributed by atoms with Crippen LogP contribution >= 0.6 is 0 Å². The molecule has 5 nitrogen and oxygen atoms in total. The van der Waals surface area contributed by atoms with Gasteiger partial charge in [0.05, 0.1) is 11.8 Å². The standard InChI is InChI=1S/C18H18N2O3S/c1-14-7-5-6-10-17(14)20(16-11-12-24(22,23)13-16)18(21)19-15-8-3-2-4-9-15/h2-12,16H,13H2,1H3,(H,19,21). The van der Waals surface area contributed by atoms with E-state index in [1.165, 1.54) is 10.3 Å². The first-order valence-corrected chi connectivity index (χ1v) is 9.30. The van der Waals surface area contributed by atoms with E-state index in [2.05, 4.69) is 5.32 Å². The van der Waals surface area contributed by atoms with Crippen molar-refractivity contribution in [3.05, 3.63) is 71.6 Å². The molecule has 1 aliphatic rings. The lowest BCUT2D eigenvalue weighted by molar-refractivity contribution is 0.256. The average molecular weight is 342 g/mol. The number of aryl methyl sites for hydroxylation is 1. The van der Waals surface area contributed by atoms with Gasteiger partial charge in [-0.1, -0.05) is 36.4 Å². The Bertz CT molecular complexity index is 876. The van der Waals surface area contributed by atoms with Crippen LogP contribution in [0.15, 0.2) is 66.1 Å². The smallest absolute Gasteiger partial charge is 0.308 e. The van der Waals surface area contributed by atoms with Gasteiger partial charge < -0.3 is 5.32 Å². The van der Waals surface area contributed by atoms with Crippen molar-refractivity contribution in [1.82, 2.24) is 0 Å². The maximum Gasteiger partial charge on any atom is 0.326 e. The van der Waals surface area contributed by atoms with E-state index in [0.29, 0.717) is 11.4 Å². The van der Waals surface area contributed by atoms with Gasteiger partial charge in [-0.2, -0.15) is 0 Å². The fraction of sp³-hybridized carbons (Fsp3) is 0.167. The quantitative estimate of drug-likeness (QED) is 0.930. The van der Waals surface area contributed by atoms with Crippen LogP contribution in [-0.4, -0.2) is 26.2 Å². The molecular weight excluding hydrogens is 324 g/mol. The Balaban J connectivity index is 1.95. The molecule has 1 N–H and O–H groups in total. The van der Waals surface area contributed by atoms with Crippen LogP contribution in [0.1, 0.15) is 5.56 Å². The molecule has 0 aromatic heterocycles. The number of anilines is 2. The number of hydrogen-bond donors (Lipinski definition) is 1. The van der Waals surface area contributed by atoms with Crippen LogP contribution in [0.5, 0.6) is 0 Å².